The lowest BCUT2D eigenvalue weighted by Gasteiger charge is -2.01. The summed E-state index contributed by atoms with van der Waals surface area (Å²) < 4.78 is 27.0. The first-order valence-electron chi connectivity index (χ1n) is 3.70. The molecule has 0 saturated heterocycles. The normalized spacial score (nSPS) is 16.3. The Kier molecular flexibility index (Phi) is 6.87. The third kappa shape index (κ3) is 10.8. The van der Waals surface area contributed by atoms with Gasteiger partial charge in [0, 0.05) is 0 Å². The summed E-state index contributed by atoms with van der Waals surface area (Å²) in [6.07, 6.45) is 4.08. The lowest BCUT2D eigenvalue weighted by molar-refractivity contribution is 0.294. The summed E-state index contributed by atoms with van der Waals surface area (Å²) >= 11 is 1.20. The lowest BCUT2D eigenvalue weighted by Crippen LogP contribution is -1.86. The van der Waals surface area contributed by atoms with Crippen LogP contribution in [0, 0.1) is 0 Å². The van der Waals surface area contributed by atoms with Crippen molar-refractivity contribution in [1.82, 2.24) is 0 Å². The van der Waals surface area contributed by atoms with Gasteiger partial charge in [-0.3, -0.25) is 4.52 Å². The second-order valence-electron chi connectivity index (χ2n) is 2.31. The molecule has 0 amide bonds. The molecule has 0 heterocycles. The molecule has 68 valence electrons. The van der Waals surface area contributed by atoms with Gasteiger partial charge in [0.2, 0.25) is 0 Å². The molecule has 1 unspecified atom stereocenters. The minimum absolute atomic E-state index is 0.275. The highest BCUT2D eigenvalue weighted by atomic mass is 127. The van der Waals surface area contributed by atoms with Gasteiger partial charge in [-0.1, -0.05) is 26.2 Å². The van der Waals surface area contributed by atoms with Gasteiger partial charge in [0.15, 0.2) is 0 Å². The molecule has 11 heavy (non-hydrogen) atoms. The van der Waals surface area contributed by atoms with Crippen LogP contribution >= 0.6 is 27.4 Å². The first-order chi connectivity index (χ1) is 5.06. The molecule has 2 nitrogen and oxygen atoms in total. The number of halogens is 2. The largest absolute Gasteiger partial charge is 0.424 e. The Bertz CT molecular complexity index is 137. The smallest absolute Gasteiger partial charge is 0.298 e. The van der Waals surface area contributed by atoms with Crippen molar-refractivity contribution < 1.29 is 13.3 Å². The first kappa shape index (κ1) is 11.8. The maximum Gasteiger partial charge on any atom is 0.424 e. The molecule has 0 saturated carbocycles. The second-order valence-corrected chi connectivity index (χ2v) is 6.85. The Labute approximate surface area is 79.9 Å². The SMILES string of the molecule is CCCCCCOP(=O)(F)I. The van der Waals surface area contributed by atoms with Crippen LogP contribution in [-0.2, 0) is 9.09 Å². The molecule has 0 radical (unpaired) electrons. The van der Waals surface area contributed by atoms with Gasteiger partial charge in [-0.05, 0) is 6.42 Å². The van der Waals surface area contributed by atoms with Gasteiger partial charge in [-0.2, -0.15) is 0 Å². The topological polar surface area (TPSA) is 26.3 Å². The molecule has 0 aromatic rings. The standard InChI is InChI=1S/C6H13FIO2P/c1-2-3-4-5-6-10-11(7,8)9/h2-6H2,1H3. The van der Waals surface area contributed by atoms with E-state index in [-0.39, 0.29) is 6.61 Å². The van der Waals surface area contributed by atoms with Gasteiger partial charge < -0.3 is 0 Å². The van der Waals surface area contributed by atoms with Crippen molar-refractivity contribution in [2.24, 2.45) is 0 Å². The summed E-state index contributed by atoms with van der Waals surface area (Å²) in [5.74, 6) is 0. The average Bonchev–Trinajstić information content (AvgIpc) is 1.85. The molecule has 0 bridgehead atoms. The molecule has 0 aliphatic carbocycles. The molecule has 0 rings (SSSR count). The van der Waals surface area contributed by atoms with E-state index in [4.69, 9.17) is 0 Å². The van der Waals surface area contributed by atoms with Crippen LogP contribution < -0.4 is 0 Å². The van der Waals surface area contributed by atoms with Crippen molar-refractivity contribution in [1.29, 1.82) is 0 Å². The zero-order valence-corrected chi connectivity index (χ0v) is 9.61. The van der Waals surface area contributed by atoms with E-state index < -0.39 is 5.32 Å². The van der Waals surface area contributed by atoms with Gasteiger partial charge in [0.05, 0.1) is 28.6 Å². The van der Waals surface area contributed by atoms with Crippen LogP contribution in [0.15, 0.2) is 0 Å². The first-order valence-corrected chi connectivity index (χ1v) is 8.00. The molecule has 0 aliphatic rings. The van der Waals surface area contributed by atoms with E-state index in [1.54, 1.807) is 0 Å². The van der Waals surface area contributed by atoms with Gasteiger partial charge in [0.25, 0.3) is 0 Å². The van der Waals surface area contributed by atoms with E-state index >= 15 is 0 Å². The lowest BCUT2D eigenvalue weighted by atomic mass is 10.2. The van der Waals surface area contributed by atoms with E-state index in [0.717, 1.165) is 25.7 Å². The third-order valence-corrected chi connectivity index (χ3v) is 2.56. The average molecular weight is 294 g/mol. The van der Waals surface area contributed by atoms with Crippen molar-refractivity contribution in [2.45, 2.75) is 32.6 Å². The molecule has 0 fully saturated rings. The Balaban J connectivity index is 3.09. The quantitative estimate of drug-likeness (QED) is 0.419. The predicted molar refractivity (Wildman–Crippen MR) is 52.8 cm³/mol. The van der Waals surface area contributed by atoms with Crippen LogP contribution in [0.1, 0.15) is 32.6 Å². The molecular weight excluding hydrogens is 281 g/mol. The molecule has 1 atom stereocenters. The van der Waals surface area contributed by atoms with E-state index in [9.17, 15) is 8.76 Å². The molecular formula is C6H13FIO2P. The van der Waals surface area contributed by atoms with Gasteiger partial charge >= 0.3 is 5.32 Å². The van der Waals surface area contributed by atoms with Gasteiger partial charge in [-0.15, -0.1) is 4.20 Å². The number of unbranched alkanes of at least 4 members (excludes halogenated alkanes) is 3. The fourth-order valence-corrected chi connectivity index (χ4v) is 1.63. The van der Waals surface area contributed by atoms with E-state index in [2.05, 4.69) is 11.4 Å². The minimum Gasteiger partial charge on any atom is -0.298 e. The van der Waals surface area contributed by atoms with Crippen LogP contribution in [-0.4, -0.2) is 6.61 Å². The number of rotatable bonds is 6. The van der Waals surface area contributed by atoms with Crippen molar-refractivity contribution in [3.05, 3.63) is 0 Å². The zero-order chi connectivity index (χ0) is 8.74. The highest BCUT2D eigenvalue weighted by Crippen LogP contribution is 2.57. The zero-order valence-electron chi connectivity index (χ0n) is 6.56. The third-order valence-electron chi connectivity index (χ3n) is 1.24. The highest BCUT2D eigenvalue weighted by Gasteiger charge is 2.14. The molecule has 0 aliphatic heterocycles. The van der Waals surface area contributed by atoms with Crippen LogP contribution in [0.5, 0.6) is 0 Å². The molecule has 0 aromatic carbocycles. The van der Waals surface area contributed by atoms with E-state index in [1.807, 2.05) is 0 Å². The highest BCUT2D eigenvalue weighted by molar-refractivity contribution is 14.2. The Hall–Kier alpha value is 0.850. The fraction of sp³-hybridized carbons (Fsp3) is 1.00. The van der Waals surface area contributed by atoms with Crippen LogP contribution in [0.4, 0.5) is 4.20 Å². The summed E-state index contributed by atoms with van der Waals surface area (Å²) in [5, 5.41) is -3.74. The monoisotopic (exact) mass is 294 g/mol. The molecule has 0 N–H and O–H groups in total. The Morgan fingerprint density at radius 3 is 2.55 bits per heavy atom. The van der Waals surface area contributed by atoms with Crippen LogP contribution in [0.25, 0.3) is 0 Å². The van der Waals surface area contributed by atoms with E-state index in [1.165, 1.54) is 22.0 Å². The van der Waals surface area contributed by atoms with Crippen LogP contribution in [0.3, 0.4) is 0 Å². The maximum atomic E-state index is 12.2. The van der Waals surface area contributed by atoms with Crippen LogP contribution in [0.2, 0.25) is 0 Å². The Morgan fingerprint density at radius 1 is 1.45 bits per heavy atom. The van der Waals surface area contributed by atoms with E-state index in [0.29, 0.717) is 0 Å². The van der Waals surface area contributed by atoms with Crippen molar-refractivity contribution >= 4 is 27.4 Å². The molecule has 0 spiro atoms. The summed E-state index contributed by atoms with van der Waals surface area (Å²) in [6, 6.07) is 0. The van der Waals surface area contributed by atoms with Gasteiger partial charge in [-0.25, -0.2) is 4.57 Å². The molecule has 5 heteroatoms. The van der Waals surface area contributed by atoms with Crippen molar-refractivity contribution in [3.8, 4) is 0 Å². The predicted octanol–water partition coefficient (Wildman–Crippen LogP) is 4.10. The minimum atomic E-state index is -3.74. The number of hydrogen-bond acceptors (Lipinski definition) is 2. The summed E-state index contributed by atoms with van der Waals surface area (Å²) in [5.41, 5.74) is 0. The summed E-state index contributed by atoms with van der Waals surface area (Å²) in [4.78, 5) is 0. The summed E-state index contributed by atoms with van der Waals surface area (Å²) in [7, 11) is 0. The van der Waals surface area contributed by atoms with Crippen molar-refractivity contribution in [2.75, 3.05) is 6.61 Å². The maximum absolute atomic E-state index is 12.2. The Morgan fingerprint density at radius 2 is 2.09 bits per heavy atom. The number of hydrogen-bond donors (Lipinski definition) is 0. The summed E-state index contributed by atoms with van der Waals surface area (Å²) in [6.45, 7) is 2.37. The fourth-order valence-electron chi connectivity index (χ4n) is 0.700. The van der Waals surface area contributed by atoms with Gasteiger partial charge in [0.1, 0.15) is 0 Å². The second kappa shape index (κ2) is 6.38. The van der Waals surface area contributed by atoms with Crippen molar-refractivity contribution in [3.63, 3.8) is 0 Å². The molecule has 0 aromatic heterocycles.